The van der Waals surface area contributed by atoms with Crippen LogP contribution in [0.25, 0.3) is 11.1 Å². The van der Waals surface area contributed by atoms with Gasteiger partial charge in [0.25, 0.3) is 0 Å². The topological polar surface area (TPSA) is 67.1 Å². The summed E-state index contributed by atoms with van der Waals surface area (Å²) < 4.78 is 1.97. The maximum absolute atomic E-state index is 4.42. The molecule has 3 aromatic rings. The number of rotatable bonds is 9. The van der Waals surface area contributed by atoms with E-state index in [4.69, 9.17) is 0 Å². The summed E-state index contributed by atoms with van der Waals surface area (Å²) in [5, 5.41) is 6.49. The van der Waals surface area contributed by atoms with Crippen molar-refractivity contribution in [3.05, 3.63) is 96.5 Å². The minimum atomic E-state index is 0.572. The summed E-state index contributed by atoms with van der Waals surface area (Å²) in [6, 6.07) is 10.3. The lowest BCUT2D eigenvalue weighted by molar-refractivity contribution is 0.928. The van der Waals surface area contributed by atoms with Crippen molar-refractivity contribution >= 4 is 18.4 Å². The maximum Gasteiger partial charge on any atom is 0.227 e. The number of aromatic nitrogens is 3. The molecule has 0 fully saturated rings. The molecule has 0 aliphatic rings. The molecular weight excluding hydrogens is 384 g/mol. The highest BCUT2D eigenvalue weighted by molar-refractivity contribution is 5.63. The maximum atomic E-state index is 4.42. The fourth-order valence-corrected chi connectivity index (χ4v) is 3.07. The summed E-state index contributed by atoms with van der Waals surface area (Å²) in [7, 11) is 1.97. The molecule has 6 nitrogen and oxygen atoms in total. The van der Waals surface area contributed by atoms with Crippen LogP contribution in [-0.4, -0.2) is 21.3 Å². The Morgan fingerprint density at radius 2 is 1.81 bits per heavy atom. The van der Waals surface area contributed by atoms with Crippen LogP contribution in [0, 0.1) is 0 Å². The molecule has 0 bridgehead atoms. The van der Waals surface area contributed by atoms with Crippen molar-refractivity contribution in [2.75, 3.05) is 5.32 Å². The summed E-state index contributed by atoms with van der Waals surface area (Å²) in [4.78, 5) is 12.7. The van der Waals surface area contributed by atoms with Crippen LogP contribution in [0.5, 0.6) is 0 Å². The number of nitrogens with one attached hydrogen (secondary N) is 2. The van der Waals surface area contributed by atoms with Crippen molar-refractivity contribution in [2.45, 2.75) is 20.3 Å². The number of benzene rings is 1. The van der Waals surface area contributed by atoms with Crippen LogP contribution in [0.1, 0.15) is 19.4 Å². The molecule has 0 radical (unpaired) electrons. The zero-order chi connectivity index (χ0) is 22.2. The van der Waals surface area contributed by atoms with Crippen LogP contribution in [0.4, 0.5) is 11.6 Å². The molecule has 0 unspecified atom stereocenters. The molecule has 0 spiro atoms. The van der Waals surface area contributed by atoms with Crippen LogP contribution in [0.2, 0.25) is 0 Å². The van der Waals surface area contributed by atoms with Crippen LogP contribution in [-0.2, 0) is 13.5 Å². The summed E-state index contributed by atoms with van der Waals surface area (Å²) in [6.07, 6.45) is 12.0. The first-order valence-electron chi connectivity index (χ1n) is 9.99. The Labute approximate surface area is 183 Å². The second-order valence-corrected chi connectivity index (χ2v) is 7.58. The molecule has 0 amide bonds. The van der Waals surface area contributed by atoms with Gasteiger partial charge in [-0.15, -0.1) is 0 Å². The highest BCUT2D eigenvalue weighted by Crippen LogP contribution is 2.21. The van der Waals surface area contributed by atoms with E-state index in [-0.39, 0.29) is 0 Å². The van der Waals surface area contributed by atoms with Gasteiger partial charge in [0.2, 0.25) is 5.95 Å². The zero-order valence-corrected chi connectivity index (χ0v) is 18.3. The third-order valence-corrected chi connectivity index (χ3v) is 4.44. The van der Waals surface area contributed by atoms with Gasteiger partial charge in [0.15, 0.2) is 0 Å². The molecule has 0 aliphatic heterocycles. The van der Waals surface area contributed by atoms with Gasteiger partial charge in [-0.25, -0.2) is 9.97 Å². The van der Waals surface area contributed by atoms with Crippen molar-refractivity contribution in [1.82, 2.24) is 19.9 Å². The zero-order valence-electron chi connectivity index (χ0n) is 18.3. The average Bonchev–Trinajstić information content (AvgIpc) is 3.13. The molecule has 2 N–H and O–H groups in total. The Balaban J connectivity index is 1.61. The van der Waals surface area contributed by atoms with E-state index in [0.717, 1.165) is 33.8 Å². The minimum Gasteiger partial charge on any atom is -0.358 e. The minimum absolute atomic E-state index is 0.572. The number of anilines is 2. The quantitative estimate of drug-likeness (QED) is 0.366. The van der Waals surface area contributed by atoms with E-state index in [1.165, 1.54) is 5.57 Å². The first-order valence-corrected chi connectivity index (χ1v) is 9.99. The average molecular weight is 413 g/mol. The van der Waals surface area contributed by atoms with Gasteiger partial charge in [-0.05, 0) is 43.8 Å². The summed E-state index contributed by atoms with van der Waals surface area (Å²) in [6.45, 7) is 11.7. The van der Waals surface area contributed by atoms with Gasteiger partial charge in [-0.2, -0.15) is 0 Å². The number of nitrogens with zero attached hydrogens (tertiary/aromatic N) is 4. The molecule has 3 rings (SSSR count). The standard InChI is InChI=1S/C25H28N6/c1-18(2)12-24(16-26-4)29-19(3)13-20-6-8-21(9-7-20)22-14-27-25(28-15-22)30-23-10-11-31(5)17-23/h6-12,14-17,29H,3-4,13H2,1-2,5H3,(H,27,28,30)/b24-16+. The van der Waals surface area contributed by atoms with Crippen LogP contribution < -0.4 is 10.6 Å². The normalized spacial score (nSPS) is 11.0. The van der Waals surface area contributed by atoms with Gasteiger partial charge < -0.3 is 15.2 Å². The number of hydrogen-bond acceptors (Lipinski definition) is 5. The third kappa shape index (κ3) is 6.54. The molecule has 0 saturated carbocycles. The van der Waals surface area contributed by atoms with Crippen molar-refractivity contribution < 1.29 is 0 Å². The van der Waals surface area contributed by atoms with Crippen molar-refractivity contribution in [2.24, 2.45) is 12.0 Å². The third-order valence-electron chi connectivity index (χ3n) is 4.44. The Morgan fingerprint density at radius 3 is 2.39 bits per heavy atom. The number of hydrogen-bond donors (Lipinski definition) is 2. The van der Waals surface area contributed by atoms with Crippen molar-refractivity contribution in [1.29, 1.82) is 0 Å². The van der Waals surface area contributed by atoms with Gasteiger partial charge in [-0.1, -0.05) is 36.4 Å². The van der Waals surface area contributed by atoms with Gasteiger partial charge in [0.1, 0.15) is 0 Å². The lowest BCUT2D eigenvalue weighted by Crippen LogP contribution is -2.12. The highest BCUT2D eigenvalue weighted by Gasteiger charge is 2.04. The molecule has 0 saturated heterocycles. The summed E-state index contributed by atoms with van der Waals surface area (Å²) in [5.74, 6) is 0.572. The SMILES string of the molecule is C=N/C=C(\C=C(C)C)NC(=C)Cc1ccc(-c2cnc(Nc3ccn(C)c3)nc2)cc1. The largest absolute Gasteiger partial charge is 0.358 e. The Kier molecular flexibility index (Phi) is 7.17. The Hall–Kier alpha value is -3.93. The van der Waals surface area contributed by atoms with Crippen LogP contribution in [0.15, 0.2) is 95.9 Å². The first kappa shape index (κ1) is 21.8. The van der Waals surface area contributed by atoms with E-state index in [1.807, 2.05) is 62.4 Å². The highest BCUT2D eigenvalue weighted by atomic mass is 15.1. The number of aliphatic imine (C=N–C) groups is 1. The summed E-state index contributed by atoms with van der Waals surface area (Å²) >= 11 is 0. The van der Waals surface area contributed by atoms with E-state index in [2.05, 4.69) is 63.2 Å². The lowest BCUT2D eigenvalue weighted by atomic mass is 10.0. The van der Waals surface area contributed by atoms with Crippen LogP contribution >= 0.6 is 0 Å². The van der Waals surface area contributed by atoms with E-state index in [9.17, 15) is 0 Å². The fourth-order valence-electron chi connectivity index (χ4n) is 3.07. The van der Waals surface area contributed by atoms with E-state index >= 15 is 0 Å². The van der Waals surface area contributed by atoms with E-state index in [1.54, 1.807) is 6.20 Å². The molecule has 0 atom stereocenters. The van der Waals surface area contributed by atoms with Gasteiger partial charge in [0.05, 0.1) is 11.4 Å². The van der Waals surface area contributed by atoms with Crippen LogP contribution in [0.3, 0.4) is 0 Å². The smallest absolute Gasteiger partial charge is 0.227 e. The number of aryl methyl sites for hydroxylation is 1. The fraction of sp³-hybridized carbons (Fsp3) is 0.160. The Bertz CT molecular complexity index is 1100. The van der Waals surface area contributed by atoms with Gasteiger partial charge in [-0.3, -0.25) is 4.99 Å². The molecule has 2 aromatic heterocycles. The van der Waals surface area contributed by atoms with Gasteiger partial charge in [0, 0.05) is 55.7 Å². The predicted octanol–water partition coefficient (Wildman–Crippen LogP) is 5.38. The molecule has 158 valence electrons. The first-order chi connectivity index (χ1) is 14.9. The molecular formula is C25H28N6. The molecule has 6 heteroatoms. The molecule has 0 aliphatic carbocycles. The Morgan fingerprint density at radius 1 is 1.10 bits per heavy atom. The lowest BCUT2D eigenvalue weighted by Gasteiger charge is -2.11. The summed E-state index contributed by atoms with van der Waals surface area (Å²) in [5.41, 5.74) is 7.08. The molecule has 2 heterocycles. The molecule has 31 heavy (non-hydrogen) atoms. The van der Waals surface area contributed by atoms with Gasteiger partial charge >= 0.3 is 0 Å². The van der Waals surface area contributed by atoms with E-state index in [0.29, 0.717) is 12.4 Å². The number of allylic oxidation sites excluding steroid dienone is 3. The van der Waals surface area contributed by atoms with Crippen molar-refractivity contribution in [3.63, 3.8) is 0 Å². The van der Waals surface area contributed by atoms with E-state index < -0.39 is 0 Å². The monoisotopic (exact) mass is 412 g/mol. The second kappa shape index (κ2) is 10.2. The van der Waals surface area contributed by atoms with Crippen molar-refractivity contribution in [3.8, 4) is 11.1 Å². The molecule has 1 aromatic carbocycles. The predicted molar refractivity (Wildman–Crippen MR) is 129 cm³/mol. The second-order valence-electron chi connectivity index (χ2n) is 7.58.